The average Bonchev–Trinajstić information content (AvgIpc) is 2.27. The molecule has 1 aromatic rings. The van der Waals surface area contributed by atoms with Gasteiger partial charge in [0.15, 0.2) is 0 Å². The van der Waals surface area contributed by atoms with Gasteiger partial charge in [0.25, 0.3) is 5.91 Å². The fourth-order valence-electron chi connectivity index (χ4n) is 1.50. The molecule has 0 atom stereocenters. The van der Waals surface area contributed by atoms with Crippen molar-refractivity contribution in [2.75, 3.05) is 13.1 Å². The summed E-state index contributed by atoms with van der Waals surface area (Å²) >= 11 is 3.31. The maximum atomic E-state index is 12.2. The van der Waals surface area contributed by atoms with Crippen LogP contribution in [0.4, 0.5) is 0 Å². The van der Waals surface area contributed by atoms with Crippen LogP contribution in [0.5, 0.6) is 0 Å². The van der Waals surface area contributed by atoms with E-state index >= 15 is 0 Å². The molecule has 18 heavy (non-hydrogen) atoms. The van der Waals surface area contributed by atoms with Crippen molar-refractivity contribution >= 4 is 27.8 Å². The first-order valence-electron chi connectivity index (χ1n) is 5.33. The molecule has 0 spiro atoms. The highest BCUT2D eigenvalue weighted by atomic mass is 79.9. The third-order valence-electron chi connectivity index (χ3n) is 2.32. The number of amides is 1. The largest absolute Gasteiger partial charge is 0.480 e. The van der Waals surface area contributed by atoms with Gasteiger partial charge in [-0.05, 0) is 40.5 Å². The second-order valence-electron chi connectivity index (χ2n) is 3.85. The zero-order chi connectivity index (χ0) is 13.7. The summed E-state index contributed by atoms with van der Waals surface area (Å²) in [6.07, 6.45) is 1.50. The number of carboxylic acid groups (broad SMARTS) is 1. The maximum absolute atomic E-state index is 12.2. The van der Waals surface area contributed by atoms with E-state index < -0.39 is 5.97 Å². The molecule has 0 saturated carbocycles. The molecule has 1 rings (SSSR count). The molecule has 0 aromatic heterocycles. The quantitative estimate of drug-likeness (QED) is 0.850. The molecule has 0 saturated heterocycles. The standard InChI is InChI=1S/C13H14BrNO3/c1-3-6-15(8-12(16)17)13(18)10-5-4-9(2)7-11(10)14/h3-5,7H,1,6,8H2,2H3,(H,16,17). The van der Waals surface area contributed by atoms with Crippen molar-refractivity contribution in [1.82, 2.24) is 4.90 Å². The fraction of sp³-hybridized carbons (Fsp3) is 0.231. The van der Waals surface area contributed by atoms with Crippen molar-refractivity contribution < 1.29 is 14.7 Å². The third-order valence-corrected chi connectivity index (χ3v) is 2.97. The minimum absolute atomic E-state index is 0.200. The molecule has 5 heteroatoms. The van der Waals surface area contributed by atoms with Crippen LogP contribution in [0.2, 0.25) is 0 Å². The van der Waals surface area contributed by atoms with E-state index in [-0.39, 0.29) is 19.0 Å². The summed E-state index contributed by atoms with van der Waals surface area (Å²) in [5.41, 5.74) is 1.47. The smallest absolute Gasteiger partial charge is 0.323 e. The summed E-state index contributed by atoms with van der Waals surface area (Å²) in [7, 11) is 0. The molecule has 4 nitrogen and oxygen atoms in total. The van der Waals surface area contributed by atoms with Crippen LogP contribution in [0, 0.1) is 6.92 Å². The minimum Gasteiger partial charge on any atom is -0.480 e. The number of carbonyl (C=O) groups is 2. The first-order chi connectivity index (χ1) is 8.45. The Morgan fingerprint density at radius 1 is 1.50 bits per heavy atom. The normalized spacial score (nSPS) is 9.89. The molecule has 0 aliphatic rings. The molecule has 0 radical (unpaired) electrons. The predicted molar refractivity (Wildman–Crippen MR) is 72.6 cm³/mol. The van der Waals surface area contributed by atoms with Crippen molar-refractivity contribution in [3.8, 4) is 0 Å². The van der Waals surface area contributed by atoms with Crippen LogP contribution in [-0.2, 0) is 4.79 Å². The van der Waals surface area contributed by atoms with E-state index in [4.69, 9.17) is 5.11 Å². The lowest BCUT2D eigenvalue weighted by Crippen LogP contribution is -2.35. The van der Waals surface area contributed by atoms with Gasteiger partial charge in [-0.3, -0.25) is 9.59 Å². The molecule has 0 aliphatic heterocycles. The van der Waals surface area contributed by atoms with E-state index in [0.717, 1.165) is 5.56 Å². The molecule has 96 valence electrons. The highest BCUT2D eigenvalue weighted by Crippen LogP contribution is 2.20. The highest BCUT2D eigenvalue weighted by molar-refractivity contribution is 9.10. The predicted octanol–water partition coefficient (Wildman–Crippen LogP) is 2.47. The second-order valence-corrected chi connectivity index (χ2v) is 4.71. The number of benzene rings is 1. The average molecular weight is 312 g/mol. The van der Waals surface area contributed by atoms with E-state index in [1.807, 2.05) is 19.1 Å². The summed E-state index contributed by atoms with van der Waals surface area (Å²) < 4.78 is 0.659. The Labute approximate surface area is 114 Å². The summed E-state index contributed by atoms with van der Waals surface area (Å²) in [5.74, 6) is -1.38. The Kier molecular flexibility index (Phi) is 5.09. The number of rotatable bonds is 5. The Morgan fingerprint density at radius 3 is 2.67 bits per heavy atom. The van der Waals surface area contributed by atoms with Gasteiger partial charge in [0.1, 0.15) is 6.54 Å². The lowest BCUT2D eigenvalue weighted by Gasteiger charge is -2.19. The monoisotopic (exact) mass is 311 g/mol. The van der Waals surface area contributed by atoms with Gasteiger partial charge in [-0.25, -0.2) is 0 Å². The van der Waals surface area contributed by atoms with Crippen molar-refractivity contribution in [3.63, 3.8) is 0 Å². The molecule has 0 bridgehead atoms. The van der Waals surface area contributed by atoms with Crippen LogP contribution in [-0.4, -0.2) is 35.0 Å². The molecule has 1 N–H and O–H groups in total. The van der Waals surface area contributed by atoms with E-state index in [1.54, 1.807) is 6.07 Å². The lowest BCUT2D eigenvalue weighted by atomic mass is 10.1. The lowest BCUT2D eigenvalue weighted by molar-refractivity contribution is -0.137. The van der Waals surface area contributed by atoms with Crippen molar-refractivity contribution in [2.24, 2.45) is 0 Å². The van der Waals surface area contributed by atoms with Crippen LogP contribution in [0.25, 0.3) is 0 Å². The van der Waals surface area contributed by atoms with Gasteiger partial charge in [0.2, 0.25) is 0 Å². The number of carboxylic acids is 1. The van der Waals surface area contributed by atoms with E-state index in [2.05, 4.69) is 22.5 Å². The molecule has 0 unspecified atom stereocenters. The third kappa shape index (κ3) is 3.70. The Bertz CT molecular complexity index is 485. The number of halogens is 1. The van der Waals surface area contributed by atoms with Crippen LogP contribution < -0.4 is 0 Å². The zero-order valence-electron chi connectivity index (χ0n) is 10.0. The number of hydrogen-bond donors (Lipinski definition) is 1. The first-order valence-corrected chi connectivity index (χ1v) is 6.13. The van der Waals surface area contributed by atoms with Crippen molar-refractivity contribution in [3.05, 3.63) is 46.5 Å². The molecule has 1 amide bonds. The van der Waals surface area contributed by atoms with Gasteiger partial charge in [0.05, 0.1) is 5.56 Å². The van der Waals surface area contributed by atoms with Crippen LogP contribution in [0.1, 0.15) is 15.9 Å². The van der Waals surface area contributed by atoms with Gasteiger partial charge < -0.3 is 10.0 Å². The SMILES string of the molecule is C=CCN(CC(=O)O)C(=O)c1ccc(C)cc1Br. The van der Waals surface area contributed by atoms with Crippen molar-refractivity contribution in [2.45, 2.75) is 6.92 Å². The molecular formula is C13H14BrNO3. The van der Waals surface area contributed by atoms with E-state index in [0.29, 0.717) is 10.0 Å². The summed E-state index contributed by atoms with van der Waals surface area (Å²) in [6, 6.07) is 5.31. The Morgan fingerprint density at radius 2 is 2.17 bits per heavy atom. The summed E-state index contributed by atoms with van der Waals surface area (Å²) in [6.45, 7) is 5.29. The summed E-state index contributed by atoms with van der Waals surface area (Å²) in [4.78, 5) is 24.1. The number of nitrogens with zero attached hydrogens (tertiary/aromatic N) is 1. The number of carbonyl (C=O) groups excluding carboxylic acids is 1. The van der Waals surface area contributed by atoms with E-state index in [1.165, 1.54) is 11.0 Å². The van der Waals surface area contributed by atoms with Crippen molar-refractivity contribution in [1.29, 1.82) is 0 Å². The molecular weight excluding hydrogens is 298 g/mol. The number of aliphatic carboxylic acids is 1. The topological polar surface area (TPSA) is 57.6 Å². The molecule has 0 heterocycles. The van der Waals surface area contributed by atoms with Gasteiger partial charge in [0, 0.05) is 11.0 Å². The van der Waals surface area contributed by atoms with Crippen LogP contribution >= 0.6 is 15.9 Å². The van der Waals surface area contributed by atoms with Gasteiger partial charge in [-0.15, -0.1) is 6.58 Å². The highest BCUT2D eigenvalue weighted by Gasteiger charge is 2.19. The Hall–Kier alpha value is -1.62. The first kappa shape index (κ1) is 14.4. The maximum Gasteiger partial charge on any atom is 0.323 e. The molecule has 0 fully saturated rings. The Balaban J connectivity index is 3.01. The summed E-state index contributed by atoms with van der Waals surface area (Å²) in [5, 5.41) is 8.78. The molecule has 0 aliphatic carbocycles. The second kappa shape index (κ2) is 6.35. The minimum atomic E-state index is -1.05. The number of aryl methyl sites for hydroxylation is 1. The van der Waals surface area contributed by atoms with Crippen LogP contribution in [0.3, 0.4) is 0 Å². The van der Waals surface area contributed by atoms with Gasteiger partial charge in [-0.2, -0.15) is 0 Å². The van der Waals surface area contributed by atoms with Gasteiger partial charge in [-0.1, -0.05) is 12.1 Å². The zero-order valence-corrected chi connectivity index (χ0v) is 11.6. The van der Waals surface area contributed by atoms with Gasteiger partial charge >= 0.3 is 5.97 Å². The molecule has 1 aromatic carbocycles. The fourth-order valence-corrected chi connectivity index (χ4v) is 2.17. The number of hydrogen-bond acceptors (Lipinski definition) is 2. The van der Waals surface area contributed by atoms with E-state index in [9.17, 15) is 9.59 Å². The van der Waals surface area contributed by atoms with Crippen LogP contribution in [0.15, 0.2) is 35.3 Å².